The Morgan fingerprint density at radius 2 is 1.88 bits per heavy atom. The molecule has 2 atom stereocenters. The van der Waals surface area contributed by atoms with Gasteiger partial charge in [0.05, 0.1) is 6.04 Å². The van der Waals surface area contributed by atoms with Crippen molar-refractivity contribution >= 4 is 29.4 Å². The zero-order valence-electron chi connectivity index (χ0n) is 12.8. The number of rotatable bonds is 8. The maximum absolute atomic E-state index is 11.7. The standard InChI is InChI=1S/C14H18ClN3O6/c1-18(24-7-10(19)11(16)12(17)13(20)21)14(22)23-6-8-4-2-3-5-9(8)15/h2-5,11-12H,6-7,16-17H2,1H3,(H,20,21). The van der Waals surface area contributed by atoms with Crippen LogP contribution >= 0.6 is 11.6 Å². The highest BCUT2D eigenvalue weighted by molar-refractivity contribution is 6.31. The molecule has 1 aromatic rings. The molecule has 0 fully saturated rings. The van der Waals surface area contributed by atoms with E-state index in [2.05, 4.69) is 0 Å². The number of carbonyl (C=O) groups is 3. The van der Waals surface area contributed by atoms with E-state index in [-0.39, 0.29) is 6.61 Å². The van der Waals surface area contributed by atoms with E-state index in [0.29, 0.717) is 15.6 Å². The Kier molecular flexibility index (Phi) is 7.59. The van der Waals surface area contributed by atoms with Gasteiger partial charge < -0.3 is 21.3 Å². The first kappa shape index (κ1) is 19.8. The summed E-state index contributed by atoms with van der Waals surface area (Å²) in [7, 11) is 1.23. The molecule has 0 saturated heterocycles. The van der Waals surface area contributed by atoms with Crippen molar-refractivity contribution < 1.29 is 29.1 Å². The first-order valence-electron chi connectivity index (χ1n) is 6.77. The third-order valence-electron chi connectivity index (χ3n) is 3.01. The summed E-state index contributed by atoms with van der Waals surface area (Å²) >= 11 is 5.93. The minimum atomic E-state index is -1.56. The fourth-order valence-corrected chi connectivity index (χ4v) is 1.70. The maximum atomic E-state index is 11.7. The molecule has 24 heavy (non-hydrogen) atoms. The van der Waals surface area contributed by atoms with Crippen molar-refractivity contribution in [1.82, 2.24) is 5.06 Å². The summed E-state index contributed by atoms with van der Waals surface area (Å²) in [6.45, 7) is -0.705. The molecule has 0 aliphatic rings. The highest BCUT2D eigenvalue weighted by atomic mass is 35.5. The topological polar surface area (TPSA) is 145 Å². The molecule has 0 spiro atoms. The van der Waals surface area contributed by atoms with Crippen LogP contribution in [0.15, 0.2) is 24.3 Å². The number of hydrogen-bond donors (Lipinski definition) is 3. The summed E-state index contributed by atoms with van der Waals surface area (Å²) in [5.41, 5.74) is 11.2. The average molecular weight is 360 g/mol. The van der Waals surface area contributed by atoms with Crippen LogP contribution in [0.5, 0.6) is 0 Å². The molecule has 10 heteroatoms. The van der Waals surface area contributed by atoms with Crippen molar-refractivity contribution in [2.45, 2.75) is 18.7 Å². The Morgan fingerprint density at radius 3 is 2.46 bits per heavy atom. The fraction of sp³-hybridized carbons (Fsp3) is 0.357. The summed E-state index contributed by atoms with van der Waals surface area (Å²) in [6, 6.07) is 3.80. The Morgan fingerprint density at radius 1 is 1.25 bits per heavy atom. The van der Waals surface area contributed by atoms with Gasteiger partial charge in [0.25, 0.3) is 0 Å². The molecule has 0 bridgehead atoms. The lowest BCUT2D eigenvalue weighted by molar-refractivity contribution is -0.151. The highest BCUT2D eigenvalue weighted by Crippen LogP contribution is 2.16. The van der Waals surface area contributed by atoms with E-state index in [1.54, 1.807) is 24.3 Å². The van der Waals surface area contributed by atoms with Crippen LogP contribution < -0.4 is 11.5 Å². The molecule has 0 saturated carbocycles. The number of ether oxygens (including phenoxy) is 1. The molecule has 9 nitrogen and oxygen atoms in total. The molecule has 132 valence electrons. The van der Waals surface area contributed by atoms with Gasteiger partial charge in [-0.1, -0.05) is 29.8 Å². The Hall–Kier alpha value is -2.20. The third-order valence-corrected chi connectivity index (χ3v) is 3.38. The van der Waals surface area contributed by atoms with Gasteiger partial charge in [0.15, 0.2) is 5.78 Å². The van der Waals surface area contributed by atoms with Gasteiger partial charge in [-0.3, -0.25) is 14.4 Å². The molecule has 0 aliphatic carbocycles. The van der Waals surface area contributed by atoms with Gasteiger partial charge in [-0.25, -0.2) is 4.79 Å². The number of nitrogens with two attached hydrogens (primary N) is 2. The monoisotopic (exact) mass is 359 g/mol. The van der Waals surface area contributed by atoms with E-state index in [1.165, 1.54) is 7.05 Å². The van der Waals surface area contributed by atoms with Crippen LogP contribution in [0.1, 0.15) is 5.56 Å². The number of ketones is 1. The van der Waals surface area contributed by atoms with Crippen LogP contribution in [0, 0.1) is 0 Å². The molecule has 1 aromatic carbocycles. The van der Waals surface area contributed by atoms with Crippen LogP contribution in [0.2, 0.25) is 5.02 Å². The SMILES string of the molecule is CN(OCC(=O)C(N)C(N)C(=O)O)C(=O)OCc1ccccc1Cl. The number of aliphatic carboxylic acids is 1. The molecule has 0 radical (unpaired) electrons. The number of nitrogens with zero attached hydrogens (tertiary/aromatic N) is 1. The highest BCUT2D eigenvalue weighted by Gasteiger charge is 2.27. The summed E-state index contributed by atoms with van der Waals surface area (Å²) < 4.78 is 4.97. The number of benzene rings is 1. The molecule has 0 aromatic heterocycles. The van der Waals surface area contributed by atoms with Gasteiger partial charge in [-0.15, -0.1) is 0 Å². The number of carboxylic acids is 1. The summed E-state index contributed by atoms with van der Waals surface area (Å²) in [6.07, 6.45) is -0.862. The first-order chi connectivity index (χ1) is 11.2. The number of hydroxylamine groups is 2. The lowest BCUT2D eigenvalue weighted by Crippen LogP contribution is -2.53. The van der Waals surface area contributed by atoms with Crippen molar-refractivity contribution in [3.05, 3.63) is 34.9 Å². The van der Waals surface area contributed by atoms with Crippen LogP contribution in [0.25, 0.3) is 0 Å². The van der Waals surface area contributed by atoms with Gasteiger partial charge in [0.1, 0.15) is 19.3 Å². The van der Waals surface area contributed by atoms with Crippen molar-refractivity contribution in [1.29, 1.82) is 0 Å². The molecule has 2 unspecified atom stereocenters. The molecule has 0 aliphatic heterocycles. The van der Waals surface area contributed by atoms with Crippen LogP contribution in [-0.4, -0.2) is 53.8 Å². The lowest BCUT2D eigenvalue weighted by atomic mass is 10.1. The van der Waals surface area contributed by atoms with Gasteiger partial charge in [-0.2, -0.15) is 5.06 Å². The van der Waals surface area contributed by atoms with E-state index < -0.39 is 36.5 Å². The van der Waals surface area contributed by atoms with Gasteiger partial charge in [0, 0.05) is 17.6 Å². The molecular weight excluding hydrogens is 342 g/mol. The lowest BCUT2D eigenvalue weighted by Gasteiger charge is -2.19. The second kappa shape index (κ2) is 9.18. The van der Waals surface area contributed by atoms with Crippen LogP contribution in [0.3, 0.4) is 0 Å². The maximum Gasteiger partial charge on any atom is 0.434 e. The minimum absolute atomic E-state index is 0.0798. The molecule has 5 N–H and O–H groups in total. The quantitative estimate of drug-likeness (QED) is 0.556. The fourth-order valence-electron chi connectivity index (χ4n) is 1.51. The van der Waals surface area contributed by atoms with Crippen molar-refractivity contribution in [3.63, 3.8) is 0 Å². The molecule has 0 heterocycles. The van der Waals surface area contributed by atoms with Gasteiger partial charge >= 0.3 is 12.1 Å². The number of hydrogen-bond acceptors (Lipinski definition) is 7. The summed E-state index contributed by atoms with van der Waals surface area (Å²) in [4.78, 5) is 38.9. The number of Topliss-reactive ketones (excluding diaryl/α,β-unsaturated/α-hetero) is 1. The smallest absolute Gasteiger partial charge is 0.434 e. The minimum Gasteiger partial charge on any atom is -0.480 e. The average Bonchev–Trinajstić information content (AvgIpc) is 2.56. The van der Waals surface area contributed by atoms with E-state index in [0.717, 1.165) is 0 Å². The number of halogens is 1. The first-order valence-corrected chi connectivity index (χ1v) is 7.15. The zero-order chi connectivity index (χ0) is 18.3. The summed E-state index contributed by atoms with van der Waals surface area (Å²) in [5.74, 6) is -2.18. The Labute approximate surface area is 143 Å². The molecule has 1 rings (SSSR count). The van der Waals surface area contributed by atoms with E-state index in [4.69, 9.17) is 37.7 Å². The third kappa shape index (κ3) is 5.78. The Balaban J connectivity index is 2.43. The van der Waals surface area contributed by atoms with E-state index in [9.17, 15) is 14.4 Å². The normalized spacial score (nSPS) is 13.0. The second-order valence-corrected chi connectivity index (χ2v) is 5.18. The summed E-state index contributed by atoms with van der Waals surface area (Å²) in [5, 5.41) is 9.80. The van der Waals surface area contributed by atoms with E-state index >= 15 is 0 Å². The predicted octanol–water partition coefficient (Wildman–Crippen LogP) is 0.148. The van der Waals surface area contributed by atoms with Crippen molar-refractivity contribution in [2.24, 2.45) is 11.5 Å². The van der Waals surface area contributed by atoms with Crippen LogP contribution in [0.4, 0.5) is 4.79 Å². The Bertz CT molecular complexity index is 612. The number of amides is 1. The number of carboxylic acid groups (broad SMARTS) is 1. The van der Waals surface area contributed by atoms with Crippen molar-refractivity contribution in [3.8, 4) is 0 Å². The zero-order valence-corrected chi connectivity index (χ0v) is 13.6. The van der Waals surface area contributed by atoms with Gasteiger partial charge in [0.2, 0.25) is 0 Å². The van der Waals surface area contributed by atoms with Crippen molar-refractivity contribution in [2.75, 3.05) is 13.7 Å². The second-order valence-electron chi connectivity index (χ2n) is 4.77. The van der Waals surface area contributed by atoms with Gasteiger partial charge in [-0.05, 0) is 6.07 Å². The molecular formula is C14H18ClN3O6. The largest absolute Gasteiger partial charge is 0.480 e. The molecule has 1 amide bonds. The van der Waals surface area contributed by atoms with E-state index in [1.807, 2.05) is 0 Å². The number of carbonyl (C=O) groups excluding carboxylic acids is 2. The predicted molar refractivity (Wildman–Crippen MR) is 83.9 cm³/mol. The van der Waals surface area contributed by atoms with Crippen LogP contribution in [-0.2, 0) is 25.8 Å².